The summed E-state index contributed by atoms with van der Waals surface area (Å²) < 4.78 is 0. The van der Waals surface area contributed by atoms with Crippen molar-refractivity contribution in [2.45, 2.75) is 45.4 Å². The number of nitrogens with zero attached hydrogens (tertiary/aromatic N) is 1. The number of pyridine rings is 1. The second kappa shape index (κ2) is 4.24. The number of carbonyl (C=O) groups is 1. The molecule has 0 unspecified atom stereocenters. The van der Waals surface area contributed by atoms with Gasteiger partial charge in [0.2, 0.25) is 0 Å². The number of aromatic carboxylic acids is 1. The summed E-state index contributed by atoms with van der Waals surface area (Å²) in [6, 6.07) is 1.75. The number of hydrogen-bond donors (Lipinski definition) is 1. The number of carboxylic acid groups (broad SMARTS) is 1. The van der Waals surface area contributed by atoms with E-state index in [1.165, 1.54) is 0 Å². The molecule has 1 aromatic heterocycles. The van der Waals surface area contributed by atoms with Gasteiger partial charge in [0.15, 0.2) is 0 Å². The molecule has 1 aromatic rings. The molecule has 0 atom stereocenters. The number of carboxylic acids is 1. The minimum absolute atomic E-state index is 0.283. The Labute approximate surface area is 95.5 Å². The van der Waals surface area contributed by atoms with E-state index in [9.17, 15) is 9.90 Å². The second-order valence-corrected chi connectivity index (χ2v) is 4.69. The zero-order valence-corrected chi connectivity index (χ0v) is 9.79. The first-order chi connectivity index (χ1) is 7.59. The molecule has 0 bridgehead atoms. The summed E-state index contributed by atoms with van der Waals surface area (Å²) in [4.78, 5) is 15.8. The minimum atomic E-state index is -0.817. The largest absolute Gasteiger partial charge is 0.478 e. The van der Waals surface area contributed by atoms with Crippen LogP contribution >= 0.6 is 0 Å². The Hall–Kier alpha value is -1.38. The highest BCUT2D eigenvalue weighted by Crippen LogP contribution is 2.26. The van der Waals surface area contributed by atoms with Crippen molar-refractivity contribution in [2.24, 2.45) is 0 Å². The van der Waals surface area contributed by atoms with Crippen molar-refractivity contribution in [1.29, 1.82) is 0 Å². The quantitative estimate of drug-likeness (QED) is 0.832. The molecule has 0 spiro atoms. The van der Waals surface area contributed by atoms with Crippen molar-refractivity contribution in [3.05, 3.63) is 28.6 Å². The van der Waals surface area contributed by atoms with E-state index in [-0.39, 0.29) is 5.92 Å². The van der Waals surface area contributed by atoms with Crippen molar-refractivity contribution in [2.75, 3.05) is 0 Å². The molecule has 0 radical (unpaired) electrons. The van der Waals surface area contributed by atoms with Crippen LogP contribution in [0.15, 0.2) is 6.07 Å². The predicted molar refractivity (Wildman–Crippen MR) is 61.9 cm³/mol. The molecule has 1 N–H and O–H groups in total. The molecule has 86 valence electrons. The van der Waals surface area contributed by atoms with Crippen LogP contribution in [-0.4, -0.2) is 16.1 Å². The van der Waals surface area contributed by atoms with Gasteiger partial charge in [0.1, 0.15) is 0 Å². The lowest BCUT2D eigenvalue weighted by Crippen LogP contribution is -2.14. The van der Waals surface area contributed by atoms with Crippen LogP contribution in [0.5, 0.6) is 0 Å². The molecule has 1 aliphatic rings. The number of aryl methyl sites for hydroxylation is 1. The third-order valence-electron chi connectivity index (χ3n) is 3.14. The van der Waals surface area contributed by atoms with Crippen molar-refractivity contribution < 1.29 is 9.90 Å². The Morgan fingerprint density at radius 2 is 2.06 bits per heavy atom. The van der Waals surface area contributed by atoms with Gasteiger partial charge in [-0.25, -0.2) is 4.79 Å². The molecule has 3 heteroatoms. The molecule has 0 amide bonds. The molecule has 1 aliphatic carbocycles. The van der Waals surface area contributed by atoms with Crippen LogP contribution in [0.3, 0.4) is 0 Å². The van der Waals surface area contributed by atoms with E-state index in [1.807, 2.05) is 13.8 Å². The number of hydrogen-bond acceptors (Lipinski definition) is 2. The Balaban J connectivity index is 2.56. The van der Waals surface area contributed by atoms with Crippen molar-refractivity contribution in [3.63, 3.8) is 0 Å². The van der Waals surface area contributed by atoms with Gasteiger partial charge in [0, 0.05) is 11.4 Å². The molecule has 0 aromatic carbocycles. The summed E-state index contributed by atoms with van der Waals surface area (Å²) >= 11 is 0. The highest BCUT2D eigenvalue weighted by atomic mass is 16.4. The van der Waals surface area contributed by atoms with Crippen molar-refractivity contribution in [1.82, 2.24) is 4.98 Å². The van der Waals surface area contributed by atoms with Crippen LogP contribution in [0.25, 0.3) is 0 Å². The summed E-state index contributed by atoms with van der Waals surface area (Å²) in [6.45, 7) is 4.09. The van der Waals surface area contributed by atoms with E-state index in [2.05, 4.69) is 4.98 Å². The first kappa shape index (κ1) is 11.1. The van der Waals surface area contributed by atoms with Gasteiger partial charge in [-0.2, -0.15) is 0 Å². The predicted octanol–water partition coefficient (Wildman–Crippen LogP) is 2.78. The summed E-state index contributed by atoms with van der Waals surface area (Å²) in [5, 5.41) is 9.22. The summed E-state index contributed by atoms with van der Waals surface area (Å²) in [7, 11) is 0. The first-order valence-electron chi connectivity index (χ1n) is 5.85. The zero-order chi connectivity index (χ0) is 11.7. The highest BCUT2D eigenvalue weighted by Gasteiger charge is 2.20. The Morgan fingerprint density at radius 3 is 2.69 bits per heavy atom. The second-order valence-electron chi connectivity index (χ2n) is 4.69. The van der Waals surface area contributed by atoms with Gasteiger partial charge >= 0.3 is 5.97 Å². The number of fused-ring (bicyclic) bond motifs is 1. The fourth-order valence-corrected chi connectivity index (χ4v) is 2.21. The van der Waals surface area contributed by atoms with E-state index in [0.29, 0.717) is 5.56 Å². The average molecular weight is 219 g/mol. The summed E-state index contributed by atoms with van der Waals surface area (Å²) in [5.74, 6) is -0.534. The van der Waals surface area contributed by atoms with Gasteiger partial charge < -0.3 is 5.11 Å². The average Bonchev–Trinajstić information content (AvgIpc) is 2.27. The Morgan fingerprint density at radius 1 is 1.38 bits per heavy atom. The molecule has 0 fully saturated rings. The molecule has 0 saturated heterocycles. The van der Waals surface area contributed by atoms with Gasteiger partial charge in [0.25, 0.3) is 0 Å². The van der Waals surface area contributed by atoms with E-state index in [1.54, 1.807) is 6.07 Å². The van der Waals surface area contributed by atoms with Crippen LogP contribution in [0, 0.1) is 0 Å². The van der Waals surface area contributed by atoms with Crippen LogP contribution in [-0.2, 0) is 12.8 Å². The SMILES string of the molecule is CC(C)c1cc(C(=O)O)c2c(n1)CCCC2. The van der Waals surface area contributed by atoms with Crippen molar-refractivity contribution >= 4 is 5.97 Å². The fourth-order valence-electron chi connectivity index (χ4n) is 2.21. The summed E-state index contributed by atoms with van der Waals surface area (Å²) in [5.41, 5.74) is 3.34. The van der Waals surface area contributed by atoms with Crippen LogP contribution < -0.4 is 0 Å². The van der Waals surface area contributed by atoms with E-state index in [4.69, 9.17) is 0 Å². The standard InChI is InChI=1S/C13H17NO2/c1-8(2)12-7-10(13(15)16)9-5-3-4-6-11(9)14-12/h7-8H,3-6H2,1-2H3,(H,15,16). The minimum Gasteiger partial charge on any atom is -0.478 e. The van der Waals surface area contributed by atoms with E-state index >= 15 is 0 Å². The summed E-state index contributed by atoms with van der Waals surface area (Å²) in [6.07, 6.45) is 4.00. The van der Waals surface area contributed by atoms with Gasteiger partial charge in [-0.15, -0.1) is 0 Å². The Bertz CT molecular complexity index is 424. The van der Waals surface area contributed by atoms with Crippen LogP contribution in [0.2, 0.25) is 0 Å². The maximum Gasteiger partial charge on any atom is 0.336 e. The lowest BCUT2D eigenvalue weighted by molar-refractivity contribution is 0.0695. The highest BCUT2D eigenvalue weighted by molar-refractivity contribution is 5.89. The van der Waals surface area contributed by atoms with Crippen LogP contribution in [0.1, 0.15) is 59.9 Å². The number of rotatable bonds is 2. The van der Waals surface area contributed by atoms with Gasteiger partial charge in [0.05, 0.1) is 5.56 Å². The maximum atomic E-state index is 11.2. The topological polar surface area (TPSA) is 50.2 Å². The lowest BCUT2D eigenvalue weighted by Gasteiger charge is -2.19. The number of aromatic nitrogens is 1. The molecular formula is C13H17NO2. The van der Waals surface area contributed by atoms with Gasteiger partial charge in [-0.3, -0.25) is 4.98 Å². The first-order valence-corrected chi connectivity index (χ1v) is 5.85. The van der Waals surface area contributed by atoms with Crippen LogP contribution in [0.4, 0.5) is 0 Å². The molecule has 3 nitrogen and oxygen atoms in total. The van der Waals surface area contributed by atoms with E-state index in [0.717, 1.165) is 42.6 Å². The molecule has 0 aliphatic heterocycles. The van der Waals surface area contributed by atoms with Gasteiger partial charge in [-0.05, 0) is 43.2 Å². The molecule has 1 heterocycles. The molecule has 0 saturated carbocycles. The van der Waals surface area contributed by atoms with Crippen molar-refractivity contribution in [3.8, 4) is 0 Å². The van der Waals surface area contributed by atoms with Gasteiger partial charge in [-0.1, -0.05) is 13.8 Å². The maximum absolute atomic E-state index is 11.2. The molecule has 2 rings (SSSR count). The lowest BCUT2D eigenvalue weighted by atomic mass is 9.90. The fraction of sp³-hybridized carbons (Fsp3) is 0.538. The molecular weight excluding hydrogens is 202 g/mol. The Kier molecular flexibility index (Phi) is 2.95. The normalized spacial score (nSPS) is 14.9. The smallest absolute Gasteiger partial charge is 0.336 e. The van der Waals surface area contributed by atoms with E-state index < -0.39 is 5.97 Å². The third-order valence-corrected chi connectivity index (χ3v) is 3.14. The zero-order valence-electron chi connectivity index (χ0n) is 9.79. The third kappa shape index (κ3) is 1.94. The molecule has 16 heavy (non-hydrogen) atoms. The monoisotopic (exact) mass is 219 g/mol.